The highest BCUT2D eigenvalue weighted by molar-refractivity contribution is 5.55. The lowest BCUT2D eigenvalue weighted by Gasteiger charge is -2.35. The van der Waals surface area contributed by atoms with Crippen molar-refractivity contribution in [3.8, 4) is 6.07 Å². The minimum absolute atomic E-state index is 0.309. The predicted molar refractivity (Wildman–Crippen MR) is 59.1 cm³/mol. The van der Waals surface area contributed by atoms with Gasteiger partial charge in [-0.25, -0.2) is 0 Å². The van der Waals surface area contributed by atoms with Crippen LogP contribution in [0, 0.1) is 18.3 Å². The Morgan fingerprint density at radius 3 is 3.12 bits per heavy atom. The number of rotatable bonds is 1. The molecule has 16 heavy (non-hydrogen) atoms. The molecule has 1 aliphatic rings. The molecule has 2 heterocycles. The predicted octanol–water partition coefficient (Wildman–Crippen LogP) is 0.882. The van der Waals surface area contributed by atoms with Crippen molar-refractivity contribution in [1.82, 2.24) is 10.2 Å². The molecule has 0 spiro atoms. The Labute approximate surface area is 94.7 Å². The van der Waals surface area contributed by atoms with Crippen LogP contribution in [0.15, 0.2) is 6.20 Å². The van der Waals surface area contributed by atoms with E-state index in [1.54, 1.807) is 6.20 Å². The van der Waals surface area contributed by atoms with Gasteiger partial charge in [-0.3, -0.25) is 0 Å². The molecule has 0 saturated carbocycles. The second-order valence-corrected chi connectivity index (χ2v) is 3.93. The number of ether oxygens (including phenoxy) is 1. The summed E-state index contributed by atoms with van der Waals surface area (Å²) in [5.41, 5.74) is 2.28. The minimum Gasteiger partial charge on any atom is -0.377 e. The van der Waals surface area contributed by atoms with Crippen molar-refractivity contribution in [3.63, 3.8) is 0 Å². The fourth-order valence-corrected chi connectivity index (χ4v) is 1.92. The van der Waals surface area contributed by atoms with Crippen LogP contribution in [-0.4, -0.2) is 36.0 Å². The third-order valence-electron chi connectivity index (χ3n) is 2.86. The van der Waals surface area contributed by atoms with Crippen LogP contribution in [-0.2, 0) is 4.74 Å². The van der Waals surface area contributed by atoms with E-state index in [0.29, 0.717) is 24.9 Å². The quantitative estimate of drug-likeness (QED) is 0.700. The van der Waals surface area contributed by atoms with E-state index in [1.807, 2.05) is 6.92 Å². The van der Waals surface area contributed by atoms with Gasteiger partial charge in [0.2, 0.25) is 0 Å². The standard InChI is InChI=1S/C11H14N4O/c1-8-7-16-4-3-15(8)11-6-13-14-10(5-12)9(11)2/h6,8H,3-4,7H2,1-2H3. The zero-order chi connectivity index (χ0) is 11.5. The molecule has 0 N–H and O–H groups in total. The smallest absolute Gasteiger partial charge is 0.168 e. The lowest BCUT2D eigenvalue weighted by molar-refractivity contribution is 0.0988. The van der Waals surface area contributed by atoms with Crippen LogP contribution < -0.4 is 4.90 Å². The van der Waals surface area contributed by atoms with Crippen molar-refractivity contribution in [1.29, 1.82) is 5.26 Å². The molecule has 1 aliphatic heterocycles. The molecular formula is C11H14N4O. The Kier molecular flexibility index (Phi) is 3.02. The molecule has 0 bridgehead atoms. The van der Waals surface area contributed by atoms with Crippen molar-refractivity contribution in [2.45, 2.75) is 19.9 Å². The fraction of sp³-hybridized carbons (Fsp3) is 0.545. The molecule has 1 fully saturated rings. The largest absolute Gasteiger partial charge is 0.377 e. The highest BCUT2D eigenvalue weighted by Gasteiger charge is 2.21. The van der Waals surface area contributed by atoms with E-state index in [2.05, 4.69) is 28.1 Å². The number of hydrogen-bond acceptors (Lipinski definition) is 5. The number of nitriles is 1. The van der Waals surface area contributed by atoms with Crippen LogP contribution in [0.2, 0.25) is 0 Å². The van der Waals surface area contributed by atoms with E-state index >= 15 is 0 Å². The van der Waals surface area contributed by atoms with Crippen LogP contribution >= 0.6 is 0 Å². The third kappa shape index (κ3) is 1.84. The van der Waals surface area contributed by atoms with Crippen molar-refractivity contribution in [3.05, 3.63) is 17.5 Å². The van der Waals surface area contributed by atoms with E-state index in [0.717, 1.165) is 17.8 Å². The summed E-state index contributed by atoms with van der Waals surface area (Å²) in [5, 5.41) is 16.6. The molecule has 0 aromatic carbocycles. The number of nitrogens with zero attached hydrogens (tertiary/aromatic N) is 4. The first kappa shape index (κ1) is 10.8. The highest BCUT2D eigenvalue weighted by atomic mass is 16.5. The van der Waals surface area contributed by atoms with Gasteiger partial charge in [-0.2, -0.15) is 10.4 Å². The van der Waals surface area contributed by atoms with Gasteiger partial charge in [-0.1, -0.05) is 0 Å². The highest BCUT2D eigenvalue weighted by Crippen LogP contribution is 2.23. The van der Waals surface area contributed by atoms with Crippen LogP contribution in [0.3, 0.4) is 0 Å². The molecule has 84 valence electrons. The van der Waals surface area contributed by atoms with Gasteiger partial charge in [0.15, 0.2) is 5.69 Å². The Hall–Kier alpha value is -1.67. The summed E-state index contributed by atoms with van der Waals surface area (Å²) in [6.45, 7) is 6.27. The lowest BCUT2D eigenvalue weighted by Crippen LogP contribution is -2.44. The first-order valence-corrected chi connectivity index (χ1v) is 5.31. The van der Waals surface area contributed by atoms with Gasteiger partial charge in [0.1, 0.15) is 6.07 Å². The van der Waals surface area contributed by atoms with E-state index in [-0.39, 0.29) is 0 Å². The van der Waals surface area contributed by atoms with Crippen LogP contribution in [0.5, 0.6) is 0 Å². The molecule has 1 aromatic heterocycles. The monoisotopic (exact) mass is 218 g/mol. The Morgan fingerprint density at radius 2 is 2.44 bits per heavy atom. The molecule has 0 amide bonds. The van der Waals surface area contributed by atoms with E-state index < -0.39 is 0 Å². The number of anilines is 1. The average Bonchev–Trinajstić information content (AvgIpc) is 2.31. The summed E-state index contributed by atoms with van der Waals surface area (Å²) in [4.78, 5) is 2.22. The number of aromatic nitrogens is 2. The SMILES string of the molecule is Cc1c(N2CCOCC2C)cnnc1C#N. The Bertz CT molecular complexity index is 426. The summed E-state index contributed by atoms with van der Waals surface area (Å²) in [6.07, 6.45) is 1.72. The van der Waals surface area contributed by atoms with E-state index in [9.17, 15) is 0 Å². The van der Waals surface area contributed by atoms with Gasteiger partial charge in [0.05, 0.1) is 25.1 Å². The second kappa shape index (κ2) is 4.45. The molecule has 0 aliphatic carbocycles. The third-order valence-corrected chi connectivity index (χ3v) is 2.86. The molecule has 0 radical (unpaired) electrons. The average molecular weight is 218 g/mol. The van der Waals surface area contributed by atoms with Crippen LogP contribution in [0.1, 0.15) is 18.2 Å². The molecule has 1 atom stereocenters. The first-order valence-electron chi connectivity index (χ1n) is 5.31. The van der Waals surface area contributed by atoms with Crippen molar-refractivity contribution < 1.29 is 4.74 Å². The lowest BCUT2D eigenvalue weighted by atomic mass is 10.1. The summed E-state index contributed by atoms with van der Waals surface area (Å²) in [6, 6.07) is 2.37. The summed E-state index contributed by atoms with van der Waals surface area (Å²) >= 11 is 0. The summed E-state index contributed by atoms with van der Waals surface area (Å²) in [7, 11) is 0. The van der Waals surface area contributed by atoms with Crippen molar-refractivity contribution in [2.24, 2.45) is 0 Å². The minimum atomic E-state index is 0.309. The van der Waals surface area contributed by atoms with Crippen molar-refractivity contribution >= 4 is 5.69 Å². The van der Waals surface area contributed by atoms with Gasteiger partial charge >= 0.3 is 0 Å². The molecule has 1 aromatic rings. The van der Waals surface area contributed by atoms with Gasteiger partial charge in [0.25, 0.3) is 0 Å². The normalized spacial score (nSPS) is 20.6. The zero-order valence-corrected chi connectivity index (χ0v) is 9.47. The van der Waals surface area contributed by atoms with Crippen LogP contribution in [0.4, 0.5) is 5.69 Å². The van der Waals surface area contributed by atoms with Crippen molar-refractivity contribution in [2.75, 3.05) is 24.7 Å². The van der Waals surface area contributed by atoms with Gasteiger partial charge in [-0.05, 0) is 13.8 Å². The zero-order valence-electron chi connectivity index (χ0n) is 9.47. The molecule has 1 saturated heterocycles. The molecule has 5 nitrogen and oxygen atoms in total. The number of hydrogen-bond donors (Lipinski definition) is 0. The van der Waals surface area contributed by atoms with Gasteiger partial charge in [-0.15, -0.1) is 5.10 Å². The van der Waals surface area contributed by atoms with E-state index in [1.165, 1.54) is 0 Å². The maximum absolute atomic E-state index is 8.91. The molecular weight excluding hydrogens is 204 g/mol. The molecule has 2 rings (SSSR count). The Morgan fingerprint density at radius 1 is 1.62 bits per heavy atom. The molecule has 5 heteroatoms. The summed E-state index contributed by atoms with van der Waals surface area (Å²) in [5.74, 6) is 0. The second-order valence-electron chi connectivity index (χ2n) is 3.93. The Balaban J connectivity index is 2.36. The summed E-state index contributed by atoms with van der Waals surface area (Å²) < 4.78 is 5.39. The maximum atomic E-state index is 8.91. The van der Waals surface area contributed by atoms with E-state index in [4.69, 9.17) is 10.00 Å². The first-order chi connectivity index (χ1) is 7.74. The fourth-order valence-electron chi connectivity index (χ4n) is 1.92. The van der Waals surface area contributed by atoms with Gasteiger partial charge < -0.3 is 9.64 Å². The van der Waals surface area contributed by atoms with Gasteiger partial charge in [0, 0.05) is 18.2 Å². The maximum Gasteiger partial charge on any atom is 0.168 e. The number of morpholine rings is 1. The topological polar surface area (TPSA) is 62.0 Å². The molecule has 1 unspecified atom stereocenters. The van der Waals surface area contributed by atoms with Crippen LogP contribution in [0.25, 0.3) is 0 Å².